The van der Waals surface area contributed by atoms with Gasteiger partial charge < -0.3 is 24.5 Å². The Hall–Kier alpha value is -3.33. The number of pyridine rings is 1. The van der Waals surface area contributed by atoms with E-state index < -0.39 is 29.8 Å². The summed E-state index contributed by atoms with van der Waals surface area (Å²) in [6, 6.07) is 3.87. The van der Waals surface area contributed by atoms with Crippen LogP contribution in [0.4, 0.5) is 9.18 Å². The molecule has 1 aromatic carbocycles. The van der Waals surface area contributed by atoms with E-state index in [1.54, 1.807) is 37.1 Å². The molecule has 2 N–H and O–H groups in total. The van der Waals surface area contributed by atoms with Gasteiger partial charge in [0.15, 0.2) is 0 Å². The van der Waals surface area contributed by atoms with E-state index in [1.807, 2.05) is 6.92 Å². The monoisotopic (exact) mass is 474 g/mol. The molecule has 1 saturated heterocycles. The van der Waals surface area contributed by atoms with Crippen LogP contribution in [0.2, 0.25) is 5.02 Å². The molecule has 0 unspecified atom stereocenters. The van der Waals surface area contributed by atoms with Crippen molar-refractivity contribution in [2.75, 3.05) is 13.1 Å². The molecule has 10 heteroatoms. The van der Waals surface area contributed by atoms with Crippen molar-refractivity contribution in [2.45, 2.75) is 25.3 Å². The highest BCUT2D eigenvalue weighted by Crippen LogP contribution is 2.30. The Morgan fingerprint density at radius 3 is 2.61 bits per heavy atom. The van der Waals surface area contributed by atoms with Gasteiger partial charge in [-0.05, 0) is 36.6 Å². The molecule has 3 aromatic rings. The van der Waals surface area contributed by atoms with Crippen molar-refractivity contribution >= 4 is 34.5 Å². The van der Waals surface area contributed by atoms with Gasteiger partial charge in [0.25, 0.3) is 11.5 Å². The van der Waals surface area contributed by atoms with E-state index in [-0.39, 0.29) is 29.2 Å². The average molecular weight is 475 g/mol. The Balaban J connectivity index is 1.71. The number of fused-ring (bicyclic) bond motifs is 1. The summed E-state index contributed by atoms with van der Waals surface area (Å²) in [5.74, 6) is -1.53. The molecule has 2 aromatic heterocycles. The Kier molecular flexibility index (Phi) is 5.92. The average Bonchev–Trinajstić information content (AvgIpc) is 3.12. The molecule has 174 valence electrons. The summed E-state index contributed by atoms with van der Waals surface area (Å²) in [6.07, 6.45) is 2.61. The van der Waals surface area contributed by atoms with Gasteiger partial charge in [0.05, 0.1) is 21.5 Å². The van der Waals surface area contributed by atoms with Gasteiger partial charge in [-0.2, -0.15) is 0 Å². The predicted molar refractivity (Wildman–Crippen MR) is 123 cm³/mol. The summed E-state index contributed by atoms with van der Waals surface area (Å²) in [4.78, 5) is 39.0. The fourth-order valence-corrected chi connectivity index (χ4v) is 4.82. The lowest BCUT2D eigenvalue weighted by Gasteiger charge is -2.38. The van der Waals surface area contributed by atoms with Gasteiger partial charge >= 0.3 is 6.09 Å². The number of benzene rings is 1. The molecule has 0 spiro atoms. The Morgan fingerprint density at radius 1 is 1.21 bits per heavy atom. The summed E-state index contributed by atoms with van der Waals surface area (Å²) in [5, 5.41) is 12.7. The van der Waals surface area contributed by atoms with Crippen LogP contribution < -0.4 is 10.9 Å². The molecule has 0 bridgehead atoms. The van der Waals surface area contributed by atoms with Crippen molar-refractivity contribution < 1.29 is 19.1 Å². The first-order valence-electron chi connectivity index (χ1n) is 10.5. The van der Waals surface area contributed by atoms with Crippen LogP contribution >= 0.6 is 11.6 Å². The summed E-state index contributed by atoms with van der Waals surface area (Å²) in [7, 11) is 3.41. The van der Waals surface area contributed by atoms with Crippen LogP contribution in [0.15, 0.2) is 35.4 Å². The Labute approximate surface area is 194 Å². The lowest BCUT2D eigenvalue weighted by Crippen LogP contribution is -2.51. The Bertz CT molecular complexity index is 1330. The molecule has 2 atom stereocenters. The number of nitrogens with zero attached hydrogens (tertiary/aromatic N) is 3. The standard InChI is InChI=1S/C23H24ClFN4O4/c1-12-9-28(3)22(31)19-15(10-27(2)20(12)19)21(30)26-18-6-7-29(23(32)33)11-14(18)13-4-5-16(24)17(25)8-13/h4-5,8-10,14,18H,6-7,11H2,1-3H3,(H,26,30)(H,32,33)/t14-,18+/m1/s1. The first-order valence-corrected chi connectivity index (χ1v) is 10.8. The van der Waals surface area contributed by atoms with Crippen LogP contribution in [0.25, 0.3) is 10.9 Å². The van der Waals surface area contributed by atoms with Crippen LogP contribution in [-0.4, -0.2) is 50.3 Å². The molecular formula is C23H24ClFN4O4. The minimum Gasteiger partial charge on any atom is -0.465 e. The van der Waals surface area contributed by atoms with Crippen molar-refractivity contribution in [3.63, 3.8) is 0 Å². The smallest absolute Gasteiger partial charge is 0.407 e. The molecule has 0 radical (unpaired) electrons. The number of hydrogen-bond donors (Lipinski definition) is 2. The first kappa shape index (κ1) is 22.8. The quantitative estimate of drug-likeness (QED) is 0.609. The third-order valence-corrected chi connectivity index (χ3v) is 6.60. The minimum absolute atomic E-state index is 0.0350. The maximum Gasteiger partial charge on any atom is 0.407 e. The zero-order valence-corrected chi connectivity index (χ0v) is 19.2. The van der Waals surface area contributed by atoms with Gasteiger partial charge in [0, 0.05) is 51.5 Å². The second-order valence-electron chi connectivity index (χ2n) is 8.48. The maximum atomic E-state index is 14.2. The minimum atomic E-state index is -1.08. The topological polar surface area (TPSA) is 96.6 Å². The normalized spacial score (nSPS) is 18.5. The molecule has 8 nitrogen and oxygen atoms in total. The molecule has 4 rings (SSSR count). The van der Waals surface area contributed by atoms with E-state index in [9.17, 15) is 23.9 Å². The van der Waals surface area contributed by atoms with Crippen molar-refractivity contribution in [1.82, 2.24) is 19.4 Å². The highest BCUT2D eigenvalue weighted by Gasteiger charge is 2.34. The zero-order chi connectivity index (χ0) is 24.0. The van der Waals surface area contributed by atoms with Gasteiger partial charge in [-0.1, -0.05) is 17.7 Å². The lowest BCUT2D eigenvalue weighted by atomic mass is 9.85. The molecule has 0 saturated carbocycles. The van der Waals surface area contributed by atoms with Crippen molar-refractivity contribution in [3.05, 3.63) is 68.5 Å². The SMILES string of the molecule is Cc1cn(C)c(=O)c2c(C(=O)N[C@H]3CCN(C(=O)O)C[C@@H]3c3ccc(Cl)c(F)c3)cn(C)c12. The zero-order valence-electron chi connectivity index (χ0n) is 18.4. The molecule has 1 aliphatic rings. The van der Waals surface area contributed by atoms with Crippen molar-refractivity contribution in [2.24, 2.45) is 14.1 Å². The highest BCUT2D eigenvalue weighted by molar-refractivity contribution is 6.30. The van der Waals surface area contributed by atoms with Gasteiger partial charge in [-0.15, -0.1) is 0 Å². The molecule has 2 amide bonds. The van der Waals surface area contributed by atoms with E-state index in [1.165, 1.54) is 21.6 Å². The Morgan fingerprint density at radius 2 is 1.94 bits per heavy atom. The third kappa shape index (κ3) is 4.08. The van der Waals surface area contributed by atoms with Gasteiger partial charge in [-0.25, -0.2) is 9.18 Å². The number of rotatable bonds is 3. The number of hydrogen-bond acceptors (Lipinski definition) is 3. The largest absolute Gasteiger partial charge is 0.465 e. The molecule has 1 fully saturated rings. The van der Waals surface area contributed by atoms with Crippen LogP contribution in [0.1, 0.15) is 33.8 Å². The number of nitrogens with one attached hydrogen (secondary N) is 1. The number of halogens is 2. The predicted octanol–water partition coefficient (Wildman–Crippen LogP) is 3.24. The van der Waals surface area contributed by atoms with Crippen molar-refractivity contribution in [1.29, 1.82) is 0 Å². The van der Waals surface area contributed by atoms with E-state index in [2.05, 4.69) is 5.32 Å². The number of piperidine rings is 1. The van der Waals surface area contributed by atoms with Gasteiger partial charge in [0.2, 0.25) is 0 Å². The number of likely N-dealkylation sites (tertiary alicyclic amines) is 1. The van der Waals surface area contributed by atoms with E-state index in [4.69, 9.17) is 11.6 Å². The van der Waals surface area contributed by atoms with Crippen LogP contribution in [0.5, 0.6) is 0 Å². The summed E-state index contributed by atoms with van der Waals surface area (Å²) in [6.45, 7) is 2.19. The number of carbonyl (C=O) groups is 2. The third-order valence-electron chi connectivity index (χ3n) is 6.29. The second-order valence-corrected chi connectivity index (χ2v) is 8.89. The van der Waals surface area contributed by atoms with E-state index in [0.717, 1.165) is 5.56 Å². The fraction of sp³-hybridized carbons (Fsp3) is 0.348. The number of aryl methyl sites for hydroxylation is 3. The van der Waals surface area contributed by atoms with E-state index in [0.29, 0.717) is 22.9 Å². The second kappa shape index (κ2) is 8.55. The maximum absolute atomic E-state index is 14.2. The molecule has 0 aliphatic carbocycles. The van der Waals surface area contributed by atoms with Crippen LogP contribution in [0.3, 0.4) is 0 Å². The summed E-state index contributed by atoms with van der Waals surface area (Å²) in [5.41, 5.74) is 2.05. The number of aromatic nitrogens is 2. The molecule has 1 aliphatic heterocycles. The first-order chi connectivity index (χ1) is 15.6. The van der Waals surface area contributed by atoms with Crippen LogP contribution in [0, 0.1) is 12.7 Å². The van der Waals surface area contributed by atoms with Gasteiger partial charge in [0.1, 0.15) is 5.82 Å². The van der Waals surface area contributed by atoms with Crippen molar-refractivity contribution in [3.8, 4) is 0 Å². The van der Waals surface area contributed by atoms with Gasteiger partial charge in [-0.3, -0.25) is 9.59 Å². The van der Waals surface area contributed by atoms with E-state index >= 15 is 0 Å². The molecular weight excluding hydrogens is 451 g/mol. The molecule has 3 heterocycles. The van der Waals surface area contributed by atoms with Crippen LogP contribution in [-0.2, 0) is 14.1 Å². The summed E-state index contributed by atoms with van der Waals surface area (Å²) >= 11 is 5.81. The lowest BCUT2D eigenvalue weighted by molar-refractivity contribution is 0.0889. The number of carbonyl (C=O) groups excluding carboxylic acids is 1. The molecule has 33 heavy (non-hydrogen) atoms. The fourth-order valence-electron chi connectivity index (χ4n) is 4.70. The summed E-state index contributed by atoms with van der Waals surface area (Å²) < 4.78 is 17.3. The number of carboxylic acid groups (broad SMARTS) is 1. The number of amides is 2. The highest BCUT2D eigenvalue weighted by atomic mass is 35.5.